The molecule has 0 spiro atoms. The van der Waals surface area contributed by atoms with E-state index in [9.17, 15) is 4.39 Å². The van der Waals surface area contributed by atoms with Gasteiger partial charge in [-0.05, 0) is 43.5 Å². The van der Waals surface area contributed by atoms with E-state index in [4.69, 9.17) is 10.5 Å². The van der Waals surface area contributed by atoms with Crippen molar-refractivity contribution in [2.75, 3.05) is 7.11 Å². The van der Waals surface area contributed by atoms with Crippen molar-refractivity contribution >= 4 is 0 Å². The molecular formula is C16H22FN3O. The lowest BCUT2D eigenvalue weighted by Crippen LogP contribution is -2.19. The second kappa shape index (κ2) is 6.26. The highest BCUT2D eigenvalue weighted by atomic mass is 19.1. The molecule has 0 fully saturated rings. The van der Waals surface area contributed by atoms with Crippen LogP contribution in [-0.2, 0) is 13.0 Å². The summed E-state index contributed by atoms with van der Waals surface area (Å²) in [6, 6.07) is 4.51. The third-order valence-corrected chi connectivity index (χ3v) is 3.86. The molecule has 0 aliphatic rings. The molecule has 21 heavy (non-hydrogen) atoms. The van der Waals surface area contributed by atoms with Gasteiger partial charge in [0.25, 0.3) is 0 Å². The molecule has 2 aromatic rings. The second-order valence-electron chi connectivity index (χ2n) is 5.19. The smallest absolute Gasteiger partial charge is 0.165 e. The minimum absolute atomic E-state index is 0.227. The van der Waals surface area contributed by atoms with Crippen molar-refractivity contribution in [2.45, 2.75) is 39.8 Å². The Bertz CT molecular complexity index is 637. The number of hydrogen-bond donors (Lipinski definition) is 1. The van der Waals surface area contributed by atoms with Gasteiger partial charge in [-0.25, -0.2) is 4.39 Å². The maximum absolute atomic E-state index is 13.7. The lowest BCUT2D eigenvalue weighted by atomic mass is 10.1. The van der Waals surface area contributed by atoms with Crippen molar-refractivity contribution in [3.63, 3.8) is 0 Å². The zero-order valence-corrected chi connectivity index (χ0v) is 13.0. The Hall–Kier alpha value is -1.88. The Labute approximate surface area is 124 Å². The average molecular weight is 291 g/mol. The van der Waals surface area contributed by atoms with Crippen LogP contribution >= 0.6 is 0 Å². The van der Waals surface area contributed by atoms with E-state index in [1.165, 1.54) is 18.7 Å². The maximum Gasteiger partial charge on any atom is 0.165 e. The predicted molar refractivity (Wildman–Crippen MR) is 81.0 cm³/mol. The highest BCUT2D eigenvalue weighted by Gasteiger charge is 2.15. The third-order valence-electron chi connectivity index (χ3n) is 3.86. The Morgan fingerprint density at radius 2 is 2.10 bits per heavy atom. The van der Waals surface area contributed by atoms with Gasteiger partial charge in [0.1, 0.15) is 0 Å². The molecule has 0 amide bonds. The topological polar surface area (TPSA) is 53.1 Å². The van der Waals surface area contributed by atoms with Gasteiger partial charge >= 0.3 is 0 Å². The summed E-state index contributed by atoms with van der Waals surface area (Å²) >= 11 is 0. The molecule has 1 heterocycles. The van der Waals surface area contributed by atoms with Gasteiger partial charge in [-0.3, -0.25) is 4.68 Å². The number of rotatable bonds is 5. The van der Waals surface area contributed by atoms with Crippen LogP contribution in [0.1, 0.15) is 35.5 Å². The summed E-state index contributed by atoms with van der Waals surface area (Å²) in [5.74, 6) is -0.168. The van der Waals surface area contributed by atoms with Gasteiger partial charge in [-0.15, -0.1) is 0 Å². The van der Waals surface area contributed by atoms with Crippen LogP contribution in [0.15, 0.2) is 18.2 Å². The van der Waals surface area contributed by atoms with Crippen molar-refractivity contribution in [2.24, 2.45) is 5.73 Å². The molecule has 0 bridgehead atoms. The Morgan fingerprint density at radius 1 is 1.38 bits per heavy atom. The molecule has 114 valence electrons. The fourth-order valence-corrected chi connectivity index (χ4v) is 2.63. The lowest BCUT2D eigenvalue weighted by Gasteiger charge is -2.14. The fourth-order valence-electron chi connectivity index (χ4n) is 2.63. The molecule has 0 aliphatic carbocycles. The third kappa shape index (κ3) is 3.08. The summed E-state index contributed by atoms with van der Waals surface area (Å²) in [5.41, 5.74) is 10.3. The first-order chi connectivity index (χ1) is 9.97. The summed E-state index contributed by atoms with van der Waals surface area (Å²) in [6.07, 6.45) is 0.948. The molecular weight excluding hydrogens is 269 g/mol. The standard InChI is InChI=1S/C16H22FN3O/c1-5-13-10(2)19-20(11(13)3)9-15(18)12-6-7-16(21-4)14(17)8-12/h6-8,15H,5,9,18H2,1-4H3. The predicted octanol–water partition coefficient (Wildman–Crippen LogP) is 2.91. The molecule has 2 N–H and O–H groups in total. The van der Waals surface area contributed by atoms with Crippen LogP contribution in [0.4, 0.5) is 4.39 Å². The van der Waals surface area contributed by atoms with Crippen molar-refractivity contribution in [3.05, 3.63) is 46.5 Å². The molecule has 2 rings (SSSR count). The quantitative estimate of drug-likeness (QED) is 0.921. The second-order valence-corrected chi connectivity index (χ2v) is 5.19. The molecule has 0 radical (unpaired) electrons. The summed E-state index contributed by atoms with van der Waals surface area (Å²) in [6.45, 7) is 6.68. The summed E-state index contributed by atoms with van der Waals surface area (Å²) in [7, 11) is 1.44. The number of benzene rings is 1. The monoisotopic (exact) mass is 291 g/mol. The number of ether oxygens (including phenoxy) is 1. The summed E-state index contributed by atoms with van der Waals surface area (Å²) in [5, 5.41) is 4.52. The van der Waals surface area contributed by atoms with Crippen LogP contribution in [0, 0.1) is 19.7 Å². The molecule has 4 nitrogen and oxygen atoms in total. The van der Waals surface area contributed by atoms with Gasteiger partial charge in [0, 0.05) is 11.7 Å². The van der Waals surface area contributed by atoms with E-state index in [-0.39, 0.29) is 11.8 Å². The van der Waals surface area contributed by atoms with Crippen molar-refractivity contribution < 1.29 is 9.13 Å². The minimum atomic E-state index is -0.395. The van der Waals surface area contributed by atoms with Gasteiger partial charge in [-0.2, -0.15) is 5.10 Å². The maximum atomic E-state index is 13.7. The van der Waals surface area contributed by atoms with E-state index < -0.39 is 5.82 Å². The molecule has 1 aromatic carbocycles. The van der Waals surface area contributed by atoms with E-state index in [0.717, 1.165) is 23.4 Å². The van der Waals surface area contributed by atoms with Crippen molar-refractivity contribution in [3.8, 4) is 5.75 Å². The SMILES string of the molecule is CCc1c(C)nn(CC(N)c2ccc(OC)c(F)c2)c1C. The molecule has 1 unspecified atom stereocenters. The van der Waals surface area contributed by atoms with Crippen molar-refractivity contribution in [1.82, 2.24) is 9.78 Å². The largest absolute Gasteiger partial charge is 0.494 e. The lowest BCUT2D eigenvalue weighted by molar-refractivity contribution is 0.385. The number of aromatic nitrogens is 2. The van der Waals surface area contributed by atoms with E-state index in [0.29, 0.717) is 6.54 Å². The first-order valence-electron chi connectivity index (χ1n) is 7.09. The molecule has 0 saturated heterocycles. The number of methoxy groups -OCH3 is 1. The molecule has 1 atom stereocenters. The van der Waals surface area contributed by atoms with Crippen LogP contribution in [0.5, 0.6) is 5.75 Å². The van der Waals surface area contributed by atoms with Crippen LogP contribution in [0.25, 0.3) is 0 Å². The van der Waals surface area contributed by atoms with Crippen LogP contribution < -0.4 is 10.5 Å². The van der Waals surface area contributed by atoms with E-state index in [1.54, 1.807) is 12.1 Å². The summed E-state index contributed by atoms with van der Waals surface area (Å²) < 4.78 is 20.6. The minimum Gasteiger partial charge on any atom is -0.494 e. The van der Waals surface area contributed by atoms with Gasteiger partial charge < -0.3 is 10.5 Å². The first-order valence-corrected chi connectivity index (χ1v) is 7.09. The molecule has 0 aliphatic heterocycles. The van der Waals surface area contributed by atoms with Gasteiger partial charge in [-0.1, -0.05) is 13.0 Å². The van der Waals surface area contributed by atoms with Crippen molar-refractivity contribution in [1.29, 1.82) is 0 Å². The molecule has 0 saturated carbocycles. The number of hydrogen-bond acceptors (Lipinski definition) is 3. The Balaban J connectivity index is 2.22. The first kappa shape index (κ1) is 15.5. The van der Waals surface area contributed by atoms with Crippen LogP contribution in [0.2, 0.25) is 0 Å². The highest BCUT2D eigenvalue weighted by Crippen LogP contribution is 2.22. The average Bonchev–Trinajstić information content (AvgIpc) is 2.72. The Morgan fingerprint density at radius 3 is 2.62 bits per heavy atom. The molecule has 1 aromatic heterocycles. The summed E-state index contributed by atoms with van der Waals surface area (Å²) in [4.78, 5) is 0. The number of nitrogens with zero attached hydrogens (tertiary/aromatic N) is 2. The van der Waals surface area contributed by atoms with E-state index in [2.05, 4.69) is 12.0 Å². The van der Waals surface area contributed by atoms with Crippen LogP contribution in [-0.4, -0.2) is 16.9 Å². The van der Waals surface area contributed by atoms with Gasteiger partial charge in [0.05, 0.1) is 19.3 Å². The Kier molecular flexibility index (Phi) is 4.63. The fraction of sp³-hybridized carbons (Fsp3) is 0.438. The van der Waals surface area contributed by atoms with Crippen LogP contribution in [0.3, 0.4) is 0 Å². The normalized spacial score (nSPS) is 12.5. The number of halogens is 1. The highest BCUT2D eigenvalue weighted by molar-refractivity contribution is 5.31. The zero-order chi connectivity index (χ0) is 15.6. The molecule has 5 heteroatoms. The van der Waals surface area contributed by atoms with Gasteiger partial charge in [0.2, 0.25) is 0 Å². The van der Waals surface area contributed by atoms with E-state index in [1.807, 2.05) is 18.5 Å². The number of nitrogens with two attached hydrogens (primary N) is 1. The van der Waals surface area contributed by atoms with E-state index >= 15 is 0 Å². The zero-order valence-electron chi connectivity index (χ0n) is 13.0. The van der Waals surface area contributed by atoms with Gasteiger partial charge in [0.15, 0.2) is 11.6 Å². The number of aryl methyl sites for hydroxylation is 1.